The van der Waals surface area contributed by atoms with Crippen LogP contribution in [0.5, 0.6) is 0 Å². The first kappa shape index (κ1) is 11.9. The van der Waals surface area contributed by atoms with Crippen LogP contribution >= 0.6 is 0 Å². The van der Waals surface area contributed by atoms with Gasteiger partial charge in [-0.25, -0.2) is 8.42 Å². The molecule has 1 heterocycles. The fraction of sp³-hybridized carbons (Fsp3) is 1.00. The summed E-state index contributed by atoms with van der Waals surface area (Å²) in [4.78, 5) is 0. The number of aliphatic hydroxyl groups is 1. The van der Waals surface area contributed by atoms with Crippen molar-refractivity contribution >= 4 is 10.0 Å². The Kier molecular flexibility index (Phi) is 4.31. The van der Waals surface area contributed by atoms with E-state index < -0.39 is 10.0 Å². The number of nitrogens with zero attached hydrogens (tertiary/aromatic N) is 1. The molecule has 0 aromatic heterocycles. The largest absolute Gasteiger partial charge is 0.394 e. The van der Waals surface area contributed by atoms with Crippen molar-refractivity contribution in [2.24, 2.45) is 0 Å². The minimum absolute atomic E-state index is 0.0222. The van der Waals surface area contributed by atoms with Crippen LogP contribution in [-0.4, -0.2) is 56.5 Å². The maximum Gasteiger partial charge on any atom is 0.211 e. The van der Waals surface area contributed by atoms with Gasteiger partial charge in [-0.15, -0.1) is 0 Å². The quantitative estimate of drug-likeness (QED) is 0.633. The van der Waals surface area contributed by atoms with Gasteiger partial charge in [0.1, 0.15) is 0 Å². The lowest BCUT2D eigenvalue weighted by molar-refractivity contribution is 0.0687. The van der Waals surface area contributed by atoms with Gasteiger partial charge < -0.3 is 9.84 Å². The van der Waals surface area contributed by atoms with Gasteiger partial charge in [0.25, 0.3) is 0 Å². The van der Waals surface area contributed by atoms with Crippen molar-refractivity contribution in [2.45, 2.75) is 18.9 Å². The van der Waals surface area contributed by atoms with E-state index >= 15 is 0 Å². The minimum Gasteiger partial charge on any atom is -0.394 e. The Labute approximate surface area is 84.7 Å². The highest BCUT2D eigenvalue weighted by Crippen LogP contribution is 2.20. The third-order valence-corrected chi connectivity index (χ3v) is 3.63. The van der Waals surface area contributed by atoms with Crippen LogP contribution in [0.25, 0.3) is 0 Å². The highest BCUT2D eigenvalue weighted by atomic mass is 32.2. The predicted molar refractivity (Wildman–Crippen MR) is 52.5 cm³/mol. The van der Waals surface area contributed by atoms with Crippen LogP contribution in [0.15, 0.2) is 0 Å². The molecule has 0 amide bonds. The number of ether oxygens (including phenoxy) is 1. The molecule has 5 nitrogen and oxygen atoms in total. The molecule has 1 aliphatic rings. The van der Waals surface area contributed by atoms with Gasteiger partial charge in [-0.3, -0.25) is 0 Å². The third-order valence-electron chi connectivity index (χ3n) is 2.29. The van der Waals surface area contributed by atoms with Crippen molar-refractivity contribution in [3.63, 3.8) is 0 Å². The Balaban J connectivity index is 2.44. The molecule has 1 saturated heterocycles. The SMILES string of the molecule is CS(=O)(=O)N1CCCC1COCCO. The first-order valence-corrected chi connectivity index (χ1v) is 6.56. The highest BCUT2D eigenvalue weighted by Gasteiger charge is 2.31. The summed E-state index contributed by atoms with van der Waals surface area (Å²) in [5.41, 5.74) is 0. The number of aliphatic hydroxyl groups excluding tert-OH is 1. The van der Waals surface area contributed by atoms with Gasteiger partial charge in [-0.05, 0) is 12.8 Å². The minimum atomic E-state index is -3.10. The monoisotopic (exact) mass is 223 g/mol. The maximum atomic E-state index is 11.3. The lowest BCUT2D eigenvalue weighted by Crippen LogP contribution is -2.37. The maximum absolute atomic E-state index is 11.3. The second-order valence-corrected chi connectivity index (χ2v) is 5.40. The number of hydrogen-bond acceptors (Lipinski definition) is 4. The molecule has 6 heteroatoms. The lowest BCUT2D eigenvalue weighted by atomic mass is 10.2. The fourth-order valence-electron chi connectivity index (χ4n) is 1.70. The molecule has 1 N–H and O–H groups in total. The van der Waals surface area contributed by atoms with E-state index in [9.17, 15) is 8.42 Å². The molecule has 0 aromatic rings. The summed E-state index contributed by atoms with van der Waals surface area (Å²) < 4.78 is 29.2. The van der Waals surface area contributed by atoms with Crippen LogP contribution in [0.1, 0.15) is 12.8 Å². The van der Waals surface area contributed by atoms with Gasteiger partial charge in [0, 0.05) is 12.6 Å². The predicted octanol–water partition coefficient (Wildman–Crippen LogP) is -0.581. The van der Waals surface area contributed by atoms with Crippen molar-refractivity contribution < 1.29 is 18.3 Å². The van der Waals surface area contributed by atoms with Crippen LogP contribution in [0.4, 0.5) is 0 Å². The van der Waals surface area contributed by atoms with E-state index in [1.807, 2.05) is 0 Å². The number of hydrogen-bond donors (Lipinski definition) is 1. The molecule has 1 rings (SSSR count). The smallest absolute Gasteiger partial charge is 0.211 e. The summed E-state index contributed by atoms with van der Waals surface area (Å²) in [6, 6.07) is -0.0449. The molecular formula is C8H17NO4S. The molecule has 1 atom stereocenters. The van der Waals surface area contributed by atoms with Crippen LogP contribution < -0.4 is 0 Å². The molecule has 84 valence electrons. The molecule has 0 aliphatic carbocycles. The Hall–Kier alpha value is -0.170. The van der Waals surface area contributed by atoms with E-state index in [0.717, 1.165) is 12.8 Å². The normalized spacial score (nSPS) is 24.3. The van der Waals surface area contributed by atoms with Crippen molar-refractivity contribution in [3.05, 3.63) is 0 Å². The molecule has 0 bridgehead atoms. The molecular weight excluding hydrogens is 206 g/mol. The van der Waals surface area contributed by atoms with Gasteiger partial charge in [0.2, 0.25) is 10.0 Å². The van der Waals surface area contributed by atoms with Crippen LogP contribution in [0.2, 0.25) is 0 Å². The first-order chi connectivity index (χ1) is 6.55. The first-order valence-electron chi connectivity index (χ1n) is 4.71. The van der Waals surface area contributed by atoms with Crippen molar-refractivity contribution in [3.8, 4) is 0 Å². The van der Waals surface area contributed by atoms with E-state index in [1.54, 1.807) is 0 Å². The third kappa shape index (κ3) is 3.20. The number of rotatable bonds is 5. The highest BCUT2D eigenvalue weighted by molar-refractivity contribution is 7.88. The lowest BCUT2D eigenvalue weighted by Gasteiger charge is -2.21. The summed E-state index contributed by atoms with van der Waals surface area (Å²) in [5.74, 6) is 0. The van der Waals surface area contributed by atoms with E-state index in [1.165, 1.54) is 10.6 Å². The second-order valence-electron chi connectivity index (χ2n) is 3.47. The van der Waals surface area contributed by atoms with Crippen molar-refractivity contribution in [1.29, 1.82) is 0 Å². The Morgan fingerprint density at radius 1 is 1.57 bits per heavy atom. The Morgan fingerprint density at radius 3 is 2.86 bits per heavy atom. The van der Waals surface area contributed by atoms with E-state index in [2.05, 4.69) is 0 Å². The van der Waals surface area contributed by atoms with Crippen LogP contribution in [0.3, 0.4) is 0 Å². The molecule has 0 aromatic carbocycles. The topological polar surface area (TPSA) is 66.8 Å². The zero-order chi connectivity index (χ0) is 10.6. The standard InChI is InChI=1S/C8H17NO4S/c1-14(11,12)9-4-2-3-8(9)7-13-6-5-10/h8,10H,2-7H2,1H3. The van der Waals surface area contributed by atoms with E-state index in [0.29, 0.717) is 13.2 Å². The molecule has 1 aliphatic heterocycles. The average Bonchev–Trinajstić information content (AvgIpc) is 2.52. The van der Waals surface area contributed by atoms with E-state index in [-0.39, 0.29) is 19.3 Å². The summed E-state index contributed by atoms with van der Waals surface area (Å²) in [7, 11) is -3.10. The van der Waals surface area contributed by atoms with Gasteiger partial charge in [-0.1, -0.05) is 0 Å². The van der Waals surface area contributed by atoms with Crippen molar-refractivity contribution in [1.82, 2.24) is 4.31 Å². The van der Waals surface area contributed by atoms with Gasteiger partial charge in [-0.2, -0.15) is 4.31 Å². The summed E-state index contributed by atoms with van der Waals surface area (Å²) in [5, 5.41) is 8.51. The molecule has 0 radical (unpaired) electrons. The summed E-state index contributed by atoms with van der Waals surface area (Å²) in [6.45, 7) is 1.22. The molecule has 1 unspecified atom stereocenters. The Bertz CT molecular complexity index is 265. The zero-order valence-corrected chi connectivity index (χ0v) is 9.16. The second kappa shape index (κ2) is 5.06. The van der Waals surface area contributed by atoms with Gasteiger partial charge in [0.05, 0.1) is 26.1 Å². The van der Waals surface area contributed by atoms with Crippen LogP contribution in [-0.2, 0) is 14.8 Å². The van der Waals surface area contributed by atoms with Crippen LogP contribution in [0, 0.1) is 0 Å². The zero-order valence-electron chi connectivity index (χ0n) is 8.35. The molecule has 1 fully saturated rings. The summed E-state index contributed by atoms with van der Waals surface area (Å²) >= 11 is 0. The van der Waals surface area contributed by atoms with Gasteiger partial charge in [0.15, 0.2) is 0 Å². The molecule has 0 saturated carbocycles. The van der Waals surface area contributed by atoms with Gasteiger partial charge >= 0.3 is 0 Å². The average molecular weight is 223 g/mol. The Morgan fingerprint density at radius 2 is 2.29 bits per heavy atom. The van der Waals surface area contributed by atoms with E-state index in [4.69, 9.17) is 9.84 Å². The van der Waals surface area contributed by atoms with Crippen molar-refractivity contribution in [2.75, 3.05) is 32.6 Å². The fourth-order valence-corrected chi connectivity index (χ4v) is 2.86. The molecule has 14 heavy (non-hydrogen) atoms. The summed E-state index contributed by atoms with van der Waals surface area (Å²) in [6.07, 6.45) is 2.95. The molecule has 0 spiro atoms. The number of sulfonamides is 1.